The van der Waals surface area contributed by atoms with Crippen molar-refractivity contribution in [3.8, 4) is 0 Å². The third kappa shape index (κ3) is 8.35. The molecule has 11 nitrogen and oxygen atoms in total. The van der Waals surface area contributed by atoms with Gasteiger partial charge in [0, 0.05) is 23.1 Å². The molecule has 1 fully saturated rings. The summed E-state index contributed by atoms with van der Waals surface area (Å²) in [7, 11) is -3.33. The third-order valence-corrected chi connectivity index (χ3v) is 7.99. The van der Waals surface area contributed by atoms with E-state index in [0.717, 1.165) is 43.3 Å². The molecule has 0 aliphatic heterocycles. The molecule has 3 amide bonds. The van der Waals surface area contributed by atoms with Crippen molar-refractivity contribution >= 4 is 55.7 Å². The number of aromatic nitrogens is 1. The van der Waals surface area contributed by atoms with E-state index < -0.39 is 33.7 Å². The van der Waals surface area contributed by atoms with Crippen LogP contribution in [-0.2, 0) is 30.6 Å². The van der Waals surface area contributed by atoms with Gasteiger partial charge in [-0.25, -0.2) is 18.2 Å². The Morgan fingerprint density at radius 3 is 2.53 bits per heavy atom. The Kier molecular flexibility index (Phi) is 9.97. The topological polar surface area (TPSA) is 175 Å². The standard InChI is InChI=1S/C25H32N4O7S2/c1-3-36-21(30)13-17-14-37-25(27-17)29-24(33)28-20-9-8-16(18(23(26)32)10-11-38(2,34)35)12-19(20)22(31)15-6-4-5-7-15/h8-9,12,14-15,18H,3-7,10-11,13H2,1-2H3,(H2,26,32)(H2,27,28,29,33). The average molecular weight is 565 g/mol. The molecule has 0 saturated heterocycles. The lowest BCUT2D eigenvalue weighted by molar-refractivity contribution is -0.142. The Balaban J connectivity index is 1.82. The highest BCUT2D eigenvalue weighted by Crippen LogP contribution is 2.33. The first-order valence-electron chi connectivity index (χ1n) is 12.3. The van der Waals surface area contributed by atoms with E-state index in [4.69, 9.17) is 10.5 Å². The number of thiazole rings is 1. The van der Waals surface area contributed by atoms with Crippen LogP contribution in [0.1, 0.15) is 66.6 Å². The number of urea groups is 1. The summed E-state index contributed by atoms with van der Waals surface area (Å²) in [5.41, 5.74) is 6.92. The number of hydrogen-bond acceptors (Lipinski definition) is 9. The molecule has 4 N–H and O–H groups in total. The number of hydrogen-bond donors (Lipinski definition) is 3. The molecular formula is C25H32N4O7S2. The highest BCUT2D eigenvalue weighted by atomic mass is 32.2. The zero-order valence-corrected chi connectivity index (χ0v) is 23.0. The van der Waals surface area contributed by atoms with Crippen LogP contribution in [0.4, 0.5) is 15.6 Å². The molecule has 38 heavy (non-hydrogen) atoms. The molecule has 1 atom stereocenters. The number of nitrogens with one attached hydrogen (secondary N) is 2. The second-order valence-corrected chi connectivity index (χ2v) is 12.3. The van der Waals surface area contributed by atoms with E-state index >= 15 is 0 Å². The first kappa shape index (κ1) is 29.2. The summed E-state index contributed by atoms with van der Waals surface area (Å²) in [6.07, 6.45) is 4.35. The maximum atomic E-state index is 13.4. The van der Waals surface area contributed by atoms with Gasteiger partial charge >= 0.3 is 12.0 Å². The third-order valence-electron chi connectivity index (χ3n) is 6.21. The van der Waals surface area contributed by atoms with Crippen molar-refractivity contribution in [3.63, 3.8) is 0 Å². The molecule has 1 aliphatic rings. The van der Waals surface area contributed by atoms with Crippen LogP contribution >= 0.6 is 11.3 Å². The quantitative estimate of drug-likeness (QED) is 0.260. The summed E-state index contributed by atoms with van der Waals surface area (Å²) in [4.78, 5) is 54.2. The molecule has 0 radical (unpaired) electrons. The monoisotopic (exact) mass is 564 g/mol. The summed E-state index contributed by atoms with van der Waals surface area (Å²) < 4.78 is 28.2. The molecule has 1 aliphatic carbocycles. The SMILES string of the molecule is CCOC(=O)Cc1csc(NC(=O)Nc2ccc(C(CCS(C)(=O)=O)C(N)=O)cc2C(=O)C2CCCC2)n1. The number of Topliss-reactive ketones (excluding diaryl/α,β-unsaturated/α-hetero) is 1. The smallest absolute Gasteiger partial charge is 0.325 e. The largest absolute Gasteiger partial charge is 0.466 e. The Bertz CT molecular complexity index is 1300. The number of sulfone groups is 1. The Morgan fingerprint density at radius 2 is 1.89 bits per heavy atom. The highest BCUT2D eigenvalue weighted by Gasteiger charge is 2.28. The number of amides is 3. The zero-order chi connectivity index (χ0) is 27.9. The van der Waals surface area contributed by atoms with Crippen LogP contribution in [-0.4, -0.2) is 55.7 Å². The first-order chi connectivity index (χ1) is 18.0. The van der Waals surface area contributed by atoms with E-state index in [2.05, 4.69) is 15.6 Å². The van der Waals surface area contributed by atoms with Crippen molar-refractivity contribution in [2.45, 2.75) is 51.4 Å². The normalized spacial score (nSPS) is 14.6. The molecule has 1 aromatic carbocycles. The zero-order valence-electron chi connectivity index (χ0n) is 21.3. The predicted molar refractivity (Wildman–Crippen MR) is 144 cm³/mol. The van der Waals surface area contributed by atoms with Gasteiger partial charge in [0.15, 0.2) is 10.9 Å². The van der Waals surface area contributed by atoms with Crippen molar-refractivity contribution in [1.29, 1.82) is 0 Å². The summed E-state index contributed by atoms with van der Waals surface area (Å²) >= 11 is 1.14. The maximum absolute atomic E-state index is 13.4. The molecular weight excluding hydrogens is 532 g/mol. The van der Waals surface area contributed by atoms with E-state index in [1.807, 2.05) is 0 Å². The number of carbonyl (C=O) groups is 4. The minimum absolute atomic E-state index is 0.0172. The van der Waals surface area contributed by atoms with Crippen LogP contribution in [0.3, 0.4) is 0 Å². The predicted octanol–water partition coefficient (Wildman–Crippen LogP) is 3.27. The second kappa shape index (κ2) is 13.0. The van der Waals surface area contributed by atoms with Gasteiger partial charge in [0.1, 0.15) is 9.84 Å². The summed E-state index contributed by atoms with van der Waals surface area (Å²) in [6.45, 7) is 1.97. The van der Waals surface area contributed by atoms with Gasteiger partial charge in [-0.3, -0.25) is 19.7 Å². The second-order valence-electron chi connectivity index (χ2n) is 9.23. The highest BCUT2D eigenvalue weighted by molar-refractivity contribution is 7.90. The first-order valence-corrected chi connectivity index (χ1v) is 15.2. The number of ether oxygens (including phenoxy) is 1. The minimum Gasteiger partial charge on any atom is -0.466 e. The Labute approximate surface area is 225 Å². The fourth-order valence-corrected chi connectivity index (χ4v) is 5.73. The number of nitrogens with two attached hydrogens (primary N) is 1. The number of benzene rings is 1. The number of esters is 1. The molecule has 3 rings (SSSR count). The molecule has 0 spiro atoms. The molecule has 1 heterocycles. The van der Waals surface area contributed by atoms with Crippen LogP contribution in [0.25, 0.3) is 0 Å². The van der Waals surface area contributed by atoms with Crippen molar-refractivity contribution in [2.24, 2.45) is 11.7 Å². The molecule has 1 aromatic heterocycles. The van der Waals surface area contributed by atoms with E-state index in [0.29, 0.717) is 11.3 Å². The van der Waals surface area contributed by atoms with Crippen LogP contribution in [0, 0.1) is 5.92 Å². The van der Waals surface area contributed by atoms with Gasteiger partial charge in [-0.05, 0) is 43.9 Å². The van der Waals surface area contributed by atoms with Gasteiger partial charge in [-0.1, -0.05) is 18.9 Å². The van der Waals surface area contributed by atoms with Gasteiger partial charge in [0.2, 0.25) is 5.91 Å². The van der Waals surface area contributed by atoms with Crippen molar-refractivity contribution in [2.75, 3.05) is 29.2 Å². The number of anilines is 2. The van der Waals surface area contributed by atoms with Gasteiger partial charge in [0.25, 0.3) is 0 Å². The summed E-state index contributed by atoms with van der Waals surface area (Å²) in [5.74, 6) is -2.63. The van der Waals surface area contributed by atoms with E-state index in [1.165, 1.54) is 12.1 Å². The van der Waals surface area contributed by atoms with E-state index in [9.17, 15) is 27.6 Å². The van der Waals surface area contributed by atoms with Gasteiger partial charge in [0.05, 0.1) is 36.1 Å². The van der Waals surface area contributed by atoms with E-state index in [-0.39, 0.29) is 53.3 Å². The summed E-state index contributed by atoms with van der Waals surface area (Å²) in [6, 6.07) is 3.95. The lowest BCUT2D eigenvalue weighted by Crippen LogP contribution is -2.25. The van der Waals surface area contributed by atoms with Gasteiger partial charge < -0.3 is 15.8 Å². The van der Waals surface area contributed by atoms with Crippen molar-refractivity contribution < 1.29 is 32.3 Å². The molecule has 2 aromatic rings. The van der Waals surface area contributed by atoms with Crippen LogP contribution in [0.5, 0.6) is 0 Å². The number of ketones is 1. The lowest BCUT2D eigenvalue weighted by Gasteiger charge is -2.18. The maximum Gasteiger partial charge on any atom is 0.325 e. The summed E-state index contributed by atoms with van der Waals surface area (Å²) in [5, 5.41) is 7.17. The average Bonchev–Trinajstić information content (AvgIpc) is 3.51. The number of rotatable bonds is 12. The number of carbonyl (C=O) groups excluding carboxylic acids is 4. The van der Waals surface area contributed by atoms with Crippen LogP contribution < -0.4 is 16.4 Å². The molecule has 13 heteroatoms. The minimum atomic E-state index is -3.33. The van der Waals surface area contributed by atoms with Gasteiger partial charge in [-0.15, -0.1) is 11.3 Å². The fourth-order valence-electron chi connectivity index (χ4n) is 4.36. The van der Waals surface area contributed by atoms with Crippen molar-refractivity contribution in [3.05, 3.63) is 40.4 Å². The van der Waals surface area contributed by atoms with Gasteiger partial charge in [-0.2, -0.15) is 0 Å². The Morgan fingerprint density at radius 1 is 1.18 bits per heavy atom. The molecule has 1 saturated carbocycles. The van der Waals surface area contributed by atoms with Crippen LogP contribution in [0.15, 0.2) is 23.6 Å². The molecule has 206 valence electrons. The fraction of sp³-hybridized carbons (Fsp3) is 0.480. The Hall–Kier alpha value is -3.32. The van der Waals surface area contributed by atoms with E-state index in [1.54, 1.807) is 18.4 Å². The lowest BCUT2D eigenvalue weighted by atomic mass is 9.89. The molecule has 1 unspecified atom stereocenters. The number of nitrogens with zero attached hydrogens (tertiary/aromatic N) is 1. The molecule has 0 bridgehead atoms. The van der Waals surface area contributed by atoms with Crippen molar-refractivity contribution in [1.82, 2.24) is 4.98 Å². The number of primary amides is 1. The van der Waals surface area contributed by atoms with Crippen LogP contribution in [0.2, 0.25) is 0 Å².